The van der Waals surface area contributed by atoms with Gasteiger partial charge < -0.3 is 4.57 Å². The Bertz CT molecular complexity index is 1770. The summed E-state index contributed by atoms with van der Waals surface area (Å²) in [6.45, 7) is 7.06. The van der Waals surface area contributed by atoms with Crippen molar-refractivity contribution in [2.75, 3.05) is 10.8 Å². The summed E-state index contributed by atoms with van der Waals surface area (Å²) in [4.78, 5) is 12.7. The molecule has 12 heteroatoms. The van der Waals surface area contributed by atoms with Crippen molar-refractivity contribution in [2.45, 2.75) is 38.8 Å². The molecule has 1 aromatic heterocycles. The lowest BCUT2D eigenvalue weighted by Gasteiger charge is -2.24. The molecular weight excluding hydrogens is 589 g/mol. The highest BCUT2D eigenvalue weighted by Crippen LogP contribution is 2.38. The number of hydrogen-bond acceptors (Lipinski definition) is 4. The number of benzene rings is 3. The van der Waals surface area contributed by atoms with Gasteiger partial charge in [-0.15, -0.1) is 0 Å². The van der Waals surface area contributed by atoms with Gasteiger partial charge in [-0.3, -0.25) is 9.10 Å². The maximum Gasteiger partial charge on any atom is 0.417 e. The van der Waals surface area contributed by atoms with Crippen molar-refractivity contribution in [3.05, 3.63) is 111 Å². The van der Waals surface area contributed by atoms with Gasteiger partial charge in [-0.25, -0.2) is 13.8 Å². The Kier molecular flexibility index (Phi) is 8.84. The van der Waals surface area contributed by atoms with Crippen molar-refractivity contribution in [3.63, 3.8) is 0 Å². The zero-order chi connectivity index (χ0) is 30.8. The van der Waals surface area contributed by atoms with Crippen LogP contribution in [0.5, 0.6) is 0 Å². The van der Waals surface area contributed by atoms with Gasteiger partial charge in [0.1, 0.15) is 6.54 Å². The molecule has 0 aliphatic heterocycles. The van der Waals surface area contributed by atoms with Gasteiger partial charge in [-0.2, -0.15) is 18.3 Å². The maximum atomic E-state index is 13.6. The molecule has 220 valence electrons. The summed E-state index contributed by atoms with van der Waals surface area (Å²) in [5, 5.41) is 3.39. The molecule has 0 atom stereocenters. The van der Waals surface area contributed by atoms with Crippen molar-refractivity contribution < 1.29 is 26.4 Å². The van der Waals surface area contributed by atoms with E-state index in [9.17, 15) is 26.4 Å². The minimum Gasteiger partial charge on any atom is -0.318 e. The number of nitrogens with one attached hydrogen (secondary N) is 1. The van der Waals surface area contributed by atoms with Crippen LogP contribution in [-0.2, 0) is 21.0 Å². The SMILES string of the molecule is Cc1ccc(-n2c(C)cc(/C=N\NC(=O)CN(c3ccc(Cl)c(C(F)(F)F)c3)S(=O)(=O)c3ccccc3)c2C)cc1C. The van der Waals surface area contributed by atoms with Crippen molar-refractivity contribution >= 4 is 39.4 Å². The highest BCUT2D eigenvalue weighted by molar-refractivity contribution is 7.92. The number of hydrogen-bond donors (Lipinski definition) is 1. The minimum atomic E-state index is -4.84. The first kappa shape index (κ1) is 30.9. The predicted molar refractivity (Wildman–Crippen MR) is 158 cm³/mol. The summed E-state index contributed by atoms with van der Waals surface area (Å²) in [7, 11) is -4.44. The molecule has 1 heterocycles. The second kappa shape index (κ2) is 12.0. The summed E-state index contributed by atoms with van der Waals surface area (Å²) in [5.74, 6) is -0.864. The van der Waals surface area contributed by atoms with Crippen molar-refractivity contribution in [1.82, 2.24) is 9.99 Å². The first-order chi connectivity index (χ1) is 19.7. The summed E-state index contributed by atoms with van der Waals surface area (Å²) in [6, 6.07) is 17.7. The van der Waals surface area contributed by atoms with Gasteiger partial charge in [0.05, 0.1) is 27.4 Å². The molecule has 0 aliphatic carbocycles. The fraction of sp³-hybridized carbons (Fsp3) is 0.200. The number of carbonyl (C=O) groups is 1. The number of nitrogens with zero attached hydrogens (tertiary/aromatic N) is 3. The lowest BCUT2D eigenvalue weighted by atomic mass is 10.1. The molecule has 7 nitrogen and oxygen atoms in total. The zero-order valence-electron chi connectivity index (χ0n) is 23.2. The Morgan fingerprint density at radius 1 is 0.976 bits per heavy atom. The van der Waals surface area contributed by atoms with Gasteiger partial charge in [0.15, 0.2) is 0 Å². The van der Waals surface area contributed by atoms with Gasteiger partial charge in [-0.1, -0.05) is 35.9 Å². The molecule has 0 radical (unpaired) electrons. The van der Waals surface area contributed by atoms with Gasteiger partial charge >= 0.3 is 6.18 Å². The van der Waals surface area contributed by atoms with Crippen LogP contribution in [0.1, 0.15) is 33.6 Å². The molecule has 0 fully saturated rings. The third-order valence-corrected chi connectivity index (χ3v) is 8.89. The number of aromatic nitrogens is 1. The monoisotopic (exact) mass is 616 g/mol. The van der Waals surface area contributed by atoms with E-state index in [-0.39, 0.29) is 10.6 Å². The molecular formula is C30H28ClF3N4O3S. The van der Waals surface area contributed by atoms with E-state index in [4.69, 9.17) is 11.6 Å². The Labute approximate surface area is 247 Å². The average Bonchev–Trinajstić information content (AvgIpc) is 3.21. The largest absolute Gasteiger partial charge is 0.417 e. The van der Waals surface area contributed by atoms with Crippen LogP contribution < -0.4 is 9.73 Å². The number of anilines is 1. The quantitative estimate of drug-likeness (QED) is 0.176. The molecule has 0 bridgehead atoms. The van der Waals surface area contributed by atoms with Crippen LogP contribution >= 0.6 is 11.6 Å². The molecule has 4 rings (SSSR count). The van der Waals surface area contributed by atoms with Crippen LogP contribution in [0.25, 0.3) is 5.69 Å². The Morgan fingerprint density at radius 3 is 2.31 bits per heavy atom. The molecule has 0 saturated carbocycles. The van der Waals surface area contributed by atoms with Crippen molar-refractivity contribution in [1.29, 1.82) is 0 Å². The smallest absolute Gasteiger partial charge is 0.318 e. The standard InChI is InChI=1S/C30H28ClF3N4O3S/c1-19-10-11-25(14-20(19)2)38-21(3)15-23(22(38)4)17-35-36-29(39)18-37(42(40,41)26-8-6-5-7-9-26)24-12-13-28(31)27(16-24)30(32,33)34/h5-17H,18H2,1-4H3,(H,36,39)/b35-17-. The van der Waals surface area contributed by atoms with Crippen molar-refractivity contribution in [2.24, 2.45) is 5.10 Å². The Balaban J connectivity index is 1.61. The van der Waals surface area contributed by atoms with Gasteiger partial charge in [0.2, 0.25) is 0 Å². The number of alkyl halides is 3. The first-order valence-corrected chi connectivity index (χ1v) is 14.5. The maximum absolute atomic E-state index is 13.6. The van der Waals surface area contributed by atoms with E-state index < -0.39 is 39.2 Å². The van der Waals surface area contributed by atoms with Gasteiger partial charge in [0.25, 0.3) is 15.9 Å². The summed E-state index contributed by atoms with van der Waals surface area (Å²) < 4.78 is 70.2. The van der Waals surface area contributed by atoms with E-state index in [1.54, 1.807) is 6.07 Å². The van der Waals surface area contributed by atoms with Gasteiger partial charge in [0, 0.05) is 22.6 Å². The highest BCUT2D eigenvalue weighted by atomic mass is 35.5. The number of hydrazone groups is 1. The molecule has 3 aromatic carbocycles. The Morgan fingerprint density at radius 2 is 1.67 bits per heavy atom. The Hall–Kier alpha value is -4.09. The number of halogens is 4. The fourth-order valence-corrected chi connectivity index (χ4v) is 6.10. The summed E-state index contributed by atoms with van der Waals surface area (Å²) in [6.07, 6.45) is -3.41. The second-order valence-corrected chi connectivity index (χ2v) is 12.0. The molecule has 0 saturated heterocycles. The van der Waals surface area contributed by atoms with Crippen molar-refractivity contribution in [3.8, 4) is 5.69 Å². The lowest BCUT2D eigenvalue weighted by Crippen LogP contribution is -2.39. The predicted octanol–water partition coefficient (Wildman–Crippen LogP) is 6.73. The molecule has 0 spiro atoms. The number of rotatable bonds is 8. The minimum absolute atomic E-state index is 0.205. The lowest BCUT2D eigenvalue weighted by molar-refractivity contribution is -0.137. The third-order valence-electron chi connectivity index (χ3n) is 6.77. The first-order valence-electron chi connectivity index (χ1n) is 12.7. The van der Waals surface area contributed by atoms with Crippen LogP contribution in [0.4, 0.5) is 18.9 Å². The fourth-order valence-electron chi connectivity index (χ4n) is 4.44. The zero-order valence-corrected chi connectivity index (χ0v) is 24.8. The number of sulfonamides is 1. The molecule has 42 heavy (non-hydrogen) atoms. The molecule has 0 unspecified atom stereocenters. The van der Waals surface area contributed by atoms with E-state index in [2.05, 4.69) is 16.6 Å². The van der Waals surface area contributed by atoms with E-state index in [1.165, 1.54) is 36.0 Å². The van der Waals surface area contributed by atoms with Crippen LogP contribution in [0.15, 0.2) is 82.8 Å². The normalized spacial score (nSPS) is 12.1. The summed E-state index contributed by atoms with van der Waals surface area (Å²) in [5.41, 5.74) is 6.47. The molecule has 1 N–H and O–H groups in total. The van der Waals surface area contributed by atoms with Crippen LogP contribution in [0.2, 0.25) is 5.02 Å². The molecule has 1 amide bonds. The topological polar surface area (TPSA) is 83.8 Å². The summed E-state index contributed by atoms with van der Waals surface area (Å²) >= 11 is 5.74. The van der Waals surface area contributed by atoms with E-state index in [0.717, 1.165) is 34.8 Å². The van der Waals surface area contributed by atoms with E-state index in [0.29, 0.717) is 15.9 Å². The third kappa shape index (κ3) is 6.52. The molecule has 0 aliphatic rings. The van der Waals surface area contributed by atoms with Crippen LogP contribution in [-0.4, -0.2) is 31.7 Å². The van der Waals surface area contributed by atoms with E-state index in [1.807, 2.05) is 50.5 Å². The molecule has 4 aromatic rings. The highest BCUT2D eigenvalue weighted by Gasteiger charge is 2.35. The van der Waals surface area contributed by atoms with E-state index >= 15 is 0 Å². The number of amides is 1. The number of aryl methyl sites for hydroxylation is 3. The second-order valence-electron chi connectivity index (χ2n) is 9.71. The average molecular weight is 617 g/mol. The van der Waals surface area contributed by atoms with Crippen LogP contribution in [0, 0.1) is 27.7 Å². The number of carbonyl (C=O) groups excluding carboxylic acids is 1. The van der Waals surface area contributed by atoms with Crippen LogP contribution in [0.3, 0.4) is 0 Å². The van der Waals surface area contributed by atoms with Gasteiger partial charge in [-0.05, 0) is 87.4 Å².